The summed E-state index contributed by atoms with van der Waals surface area (Å²) in [5.41, 5.74) is -0.167. The maximum atomic E-state index is 13.5. The van der Waals surface area contributed by atoms with Crippen LogP contribution in [0.4, 0.5) is 74.6 Å². The Hall–Kier alpha value is -2.43. The highest BCUT2D eigenvalue weighted by Gasteiger charge is 2.95. The second-order valence-corrected chi connectivity index (χ2v) is 6.29. The van der Waals surface area contributed by atoms with E-state index in [-0.39, 0.29) is 5.56 Å². The van der Waals surface area contributed by atoms with E-state index in [4.69, 9.17) is 0 Å². The van der Waals surface area contributed by atoms with Gasteiger partial charge >= 0.3 is 47.8 Å². The predicted octanol–water partition coefficient (Wildman–Crippen LogP) is 7.64. The van der Waals surface area contributed by atoms with Gasteiger partial charge in [0.1, 0.15) is 0 Å². The normalized spacial score (nSPS) is 15.7. The van der Waals surface area contributed by atoms with Gasteiger partial charge in [-0.05, 0) is 11.6 Å². The average molecular weight is 538 g/mol. The van der Waals surface area contributed by atoms with Crippen LogP contribution in [0.1, 0.15) is 5.56 Å². The topological polar surface area (TPSA) is 9.23 Å². The largest absolute Gasteiger partial charge is 0.470 e. The van der Waals surface area contributed by atoms with Crippen LogP contribution in [0.2, 0.25) is 0 Å². The van der Waals surface area contributed by atoms with E-state index in [1.165, 1.54) is 18.2 Å². The highest BCUT2D eigenvalue weighted by molar-refractivity contribution is 5.47. The van der Waals surface area contributed by atoms with E-state index in [0.717, 1.165) is 12.1 Å². The molecule has 0 saturated heterocycles. The lowest BCUT2D eigenvalue weighted by Crippen LogP contribution is -2.74. The van der Waals surface area contributed by atoms with Crippen LogP contribution in [-0.4, -0.2) is 47.8 Å². The molecule has 0 spiro atoms. The van der Waals surface area contributed by atoms with Gasteiger partial charge in [0.2, 0.25) is 0 Å². The molecular formula is C16H7F17O. The van der Waals surface area contributed by atoms with Crippen molar-refractivity contribution in [2.24, 2.45) is 0 Å². The third-order valence-corrected chi connectivity index (χ3v) is 3.97. The molecule has 0 fully saturated rings. The first kappa shape index (κ1) is 29.6. The van der Waals surface area contributed by atoms with E-state index in [1.54, 1.807) is 0 Å². The lowest BCUT2D eigenvalue weighted by molar-refractivity contribution is -0.474. The molecule has 0 atom stereocenters. The van der Waals surface area contributed by atoms with Crippen LogP contribution in [0.3, 0.4) is 0 Å². The van der Waals surface area contributed by atoms with E-state index in [9.17, 15) is 74.6 Å². The molecule has 0 saturated carbocycles. The highest BCUT2D eigenvalue weighted by atomic mass is 19.4. The molecular weight excluding hydrogens is 531 g/mol. The second-order valence-electron chi connectivity index (χ2n) is 6.29. The summed E-state index contributed by atoms with van der Waals surface area (Å²) in [6, 6.07) is 5.87. The first-order chi connectivity index (χ1) is 14.8. The summed E-state index contributed by atoms with van der Waals surface area (Å²) in [5, 5.41) is 0. The van der Waals surface area contributed by atoms with Gasteiger partial charge in [0.25, 0.3) is 0 Å². The van der Waals surface area contributed by atoms with Gasteiger partial charge in [-0.15, -0.1) is 0 Å². The van der Waals surface area contributed by atoms with E-state index in [1.807, 2.05) is 0 Å². The molecule has 0 N–H and O–H groups in total. The first-order valence-corrected chi connectivity index (χ1v) is 7.94. The highest BCUT2D eigenvalue weighted by Crippen LogP contribution is 2.64. The number of ether oxygens (including phenoxy) is 1. The van der Waals surface area contributed by atoms with Crippen LogP contribution in [0, 0.1) is 0 Å². The third-order valence-electron chi connectivity index (χ3n) is 3.97. The molecule has 18 heteroatoms. The van der Waals surface area contributed by atoms with Crippen molar-refractivity contribution in [1.29, 1.82) is 0 Å². The summed E-state index contributed by atoms with van der Waals surface area (Å²) in [6.45, 7) is 0. The van der Waals surface area contributed by atoms with Gasteiger partial charge in [0.05, 0.1) is 6.26 Å². The quantitative estimate of drug-likeness (QED) is 0.232. The Morgan fingerprint density at radius 2 is 0.824 bits per heavy atom. The van der Waals surface area contributed by atoms with Crippen LogP contribution in [-0.2, 0) is 4.74 Å². The van der Waals surface area contributed by atoms with Crippen molar-refractivity contribution in [2.45, 2.75) is 47.8 Å². The molecule has 34 heavy (non-hydrogen) atoms. The minimum Gasteiger partial charge on any atom is -0.436 e. The van der Waals surface area contributed by atoms with E-state index < -0.39 is 54.1 Å². The van der Waals surface area contributed by atoms with Gasteiger partial charge in [-0.3, -0.25) is 0 Å². The van der Waals surface area contributed by atoms with Gasteiger partial charge in [-0.25, -0.2) is 0 Å². The molecule has 1 nitrogen and oxygen atoms in total. The first-order valence-electron chi connectivity index (χ1n) is 7.94. The van der Waals surface area contributed by atoms with Crippen molar-refractivity contribution in [1.82, 2.24) is 0 Å². The maximum absolute atomic E-state index is 13.5. The maximum Gasteiger partial charge on any atom is 0.470 e. The van der Waals surface area contributed by atoms with Crippen LogP contribution in [0.25, 0.3) is 6.08 Å². The Labute approximate surface area is 176 Å². The fourth-order valence-electron chi connectivity index (χ4n) is 1.99. The molecule has 0 bridgehead atoms. The lowest BCUT2D eigenvalue weighted by Gasteiger charge is -2.42. The zero-order valence-electron chi connectivity index (χ0n) is 15.4. The second kappa shape index (κ2) is 8.35. The molecule has 0 aliphatic rings. The van der Waals surface area contributed by atoms with Crippen molar-refractivity contribution in [3.05, 3.63) is 42.2 Å². The van der Waals surface area contributed by atoms with Crippen molar-refractivity contribution < 1.29 is 79.4 Å². The monoisotopic (exact) mass is 538 g/mol. The number of benzene rings is 1. The summed E-state index contributed by atoms with van der Waals surface area (Å²) in [6.07, 6.45) is -14.9. The fourth-order valence-corrected chi connectivity index (χ4v) is 1.99. The Morgan fingerprint density at radius 3 is 1.21 bits per heavy atom. The van der Waals surface area contributed by atoms with Crippen LogP contribution >= 0.6 is 0 Å². The minimum absolute atomic E-state index is 0.167. The Balaban J connectivity index is 3.46. The minimum atomic E-state index is -8.66. The SMILES string of the molecule is FC(F)(F)C(F)(F)C(F)(F)C(F)(F)C(F)(F)C(F)(F)C(F)(F)C(F)(F)OC=Cc1ccccc1. The lowest BCUT2D eigenvalue weighted by atomic mass is 9.90. The number of rotatable bonds is 9. The number of hydrogen-bond donors (Lipinski definition) is 0. The molecule has 1 aromatic carbocycles. The van der Waals surface area contributed by atoms with Gasteiger partial charge in [-0.2, -0.15) is 74.6 Å². The molecule has 0 unspecified atom stereocenters. The standard InChI is InChI=1S/C16H7F17O/c17-9(18,11(21,22)13(25,26)15(29,30)31)10(19,20)12(23,24)14(27,28)16(32,33)34-7-6-8-4-2-1-3-5-8/h1-7H. The molecule has 0 amide bonds. The van der Waals surface area contributed by atoms with Gasteiger partial charge in [0, 0.05) is 0 Å². The van der Waals surface area contributed by atoms with Gasteiger partial charge in [-0.1, -0.05) is 30.3 Å². The average Bonchev–Trinajstić information content (AvgIpc) is 2.66. The molecule has 1 aromatic rings. The molecule has 0 radical (unpaired) electrons. The van der Waals surface area contributed by atoms with Crippen molar-refractivity contribution >= 4 is 6.08 Å². The zero-order chi connectivity index (χ0) is 27.2. The smallest absolute Gasteiger partial charge is 0.436 e. The Kier molecular flexibility index (Phi) is 7.27. The summed E-state index contributed by atoms with van der Waals surface area (Å²) in [7, 11) is 0. The molecule has 0 aliphatic carbocycles. The van der Waals surface area contributed by atoms with Crippen molar-refractivity contribution in [2.75, 3.05) is 0 Å². The van der Waals surface area contributed by atoms with Gasteiger partial charge < -0.3 is 4.74 Å². The Morgan fingerprint density at radius 1 is 0.471 bits per heavy atom. The van der Waals surface area contributed by atoms with Crippen molar-refractivity contribution in [3.63, 3.8) is 0 Å². The summed E-state index contributed by atoms with van der Waals surface area (Å²) < 4.78 is 225. The zero-order valence-corrected chi connectivity index (χ0v) is 15.4. The van der Waals surface area contributed by atoms with Crippen LogP contribution in [0.5, 0.6) is 0 Å². The summed E-state index contributed by atoms with van der Waals surface area (Å²) in [4.78, 5) is 0. The molecule has 0 heterocycles. The molecule has 196 valence electrons. The van der Waals surface area contributed by atoms with E-state index in [0.29, 0.717) is 6.08 Å². The predicted molar refractivity (Wildman–Crippen MR) is 77.2 cm³/mol. The molecule has 0 aromatic heterocycles. The van der Waals surface area contributed by atoms with Crippen LogP contribution in [0.15, 0.2) is 36.6 Å². The number of halogens is 17. The summed E-state index contributed by atoms with van der Waals surface area (Å²) >= 11 is 0. The van der Waals surface area contributed by atoms with E-state index in [2.05, 4.69) is 4.74 Å². The van der Waals surface area contributed by atoms with Crippen molar-refractivity contribution in [3.8, 4) is 0 Å². The third kappa shape index (κ3) is 4.23. The number of alkyl halides is 17. The van der Waals surface area contributed by atoms with Gasteiger partial charge in [0.15, 0.2) is 0 Å². The van der Waals surface area contributed by atoms with Crippen LogP contribution < -0.4 is 0 Å². The molecule has 1 rings (SSSR count). The summed E-state index contributed by atoms with van der Waals surface area (Å²) in [5.74, 6) is -50.3. The molecule has 0 aliphatic heterocycles. The van der Waals surface area contributed by atoms with E-state index >= 15 is 0 Å². The number of hydrogen-bond acceptors (Lipinski definition) is 1. The fraction of sp³-hybridized carbons (Fsp3) is 0.500. The Bertz CT molecular complexity index is 869.